The van der Waals surface area contributed by atoms with Gasteiger partial charge in [-0.3, -0.25) is 4.57 Å². The molecule has 1 saturated carbocycles. The van der Waals surface area contributed by atoms with Crippen LogP contribution in [-0.2, 0) is 9.09 Å². The topological polar surface area (TPSA) is 35.5 Å². The van der Waals surface area contributed by atoms with Gasteiger partial charge in [0.05, 0.1) is 18.5 Å². The summed E-state index contributed by atoms with van der Waals surface area (Å²) in [7, 11) is -1.66. The lowest BCUT2D eigenvalue weighted by atomic mass is 9.75. The quantitative estimate of drug-likeness (QED) is 0.624. The second-order valence-corrected chi connectivity index (χ2v) is 10.3. The van der Waals surface area contributed by atoms with Gasteiger partial charge in [0.25, 0.3) is 7.37 Å². The van der Waals surface area contributed by atoms with Crippen LogP contribution in [0.5, 0.6) is 5.75 Å². The van der Waals surface area contributed by atoms with Crippen molar-refractivity contribution in [3.8, 4) is 5.75 Å². The highest BCUT2D eigenvalue weighted by Gasteiger charge is 2.40. The zero-order valence-electron chi connectivity index (χ0n) is 16.8. The average Bonchev–Trinajstić information content (AvgIpc) is 2.68. The molecule has 0 N–H and O–H groups in total. The fraction of sp³-hybridized carbons (Fsp3) is 0.478. The van der Waals surface area contributed by atoms with Gasteiger partial charge in [0.1, 0.15) is 5.75 Å². The third-order valence-corrected chi connectivity index (χ3v) is 8.29. The van der Waals surface area contributed by atoms with Crippen molar-refractivity contribution in [1.29, 1.82) is 0 Å². The van der Waals surface area contributed by atoms with Gasteiger partial charge in [-0.2, -0.15) is 0 Å². The van der Waals surface area contributed by atoms with Crippen LogP contribution in [0.15, 0.2) is 54.6 Å². The maximum Gasteiger partial charge on any atom is 0.265 e. The third-order valence-electron chi connectivity index (χ3n) is 5.74. The van der Waals surface area contributed by atoms with E-state index < -0.39 is 7.37 Å². The number of hydrogen-bond acceptors (Lipinski definition) is 3. The second-order valence-electron chi connectivity index (χ2n) is 8.03. The van der Waals surface area contributed by atoms with Crippen molar-refractivity contribution in [2.45, 2.75) is 46.1 Å². The summed E-state index contributed by atoms with van der Waals surface area (Å²) in [6.45, 7) is 6.75. The SMILES string of the molecule is COc1ccccc1[P@@](=O)(O[C@@H]1C[C@H](C)CC[C@H]1C(C)C)c1ccccc1. The van der Waals surface area contributed by atoms with Gasteiger partial charge >= 0.3 is 0 Å². The van der Waals surface area contributed by atoms with Gasteiger partial charge in [0.15, 0.2) is 0 Å². The lowest BCUT2D eigenvalue weighted by Crippen LogP contribution is -2.36. The van der Waals surface area contributed by atoms with E-state index in [1.807, 2.05) is 54.6 Å². The molecule has 1 aliphatic carbocycles. The van der Waals surface area contributed by atoms with Gasteiger partial charge in [0, 0.05) is 5.30 Å². The highest BCUT2D eigenvalue weighted by Crippen LogP contribution is 2.52. The Labute approximate surface area is 163 Å². The number of benzene rings is 2. The molecule has 27 heavy (non-hydrogen) atoms. The minimum absolute atomic E-state index is 0.00954. The molecule has 0 saturated heterocycles. The van der Waals surface area contributed by atoms with Crippen LogP contribution < -0.4 is 15.3 Å². The van der Waals surface area contributed by atoms with Gasteiger partial charge < -0.3 is 9.26 Å². The maximum absolute atomic E-state index is 14.4. The lowest BCUT2D eigenvalue weighted by Gasteiger charge is -2.39. The molecule has 0 amide bonds. The summed E-state index contributed by atoms with van der Waals surface area (Å²) in [5.74, 6) is 2.14. The summed E-state index contributed by atoms with van der Waals surface area (Å²) in [4.78, 5) is 0. The fourth-order valence-electron chi connectivity index (χ4n) is 4.18. The van der Waals surface area contributed by atoms with Crippen molar-refractivity contribution in [3.63, 3.8) is 0 Å². The molecule has 4 atom stereocenters. The largest absolute Gasteiger partial charge is 0.496 e. The zero-order chi connectivity index (χ0) is 19.4. The zero-order valence-corrected chi connectivity index (χ0v) is 17.7. The normalized spacial score (nSPS) is 25.1. The van der Waals surface area contributed by atoms with Crippen LogP contribution in [0.1, 0.15) is 40.0 Å². The Bertz CT molecular complexity index is 787. The van der Waals surface area contributed by atoms with Gasteiger partial charge in [-0.25, -0.2) is 0 Å². The van der Waals surface area contributed by atoms with E-state index in [1.54, 1.807) is 7.11 Å². The number of rotatable bonds is 6. The highest BCUT2D eigenvalue weighted by atomic mass is 31.2. The predicted octanol–water partition coefficient (Wildman–Crippen LogP) is 5.40. The first-order valence-electron chi connectivity index (χ1n) is 9.93. The van der Waals surface area contributed by atoms with E-state index in [0.717, 1.165) is 18.1 Å². The van der Waals surface area contributed by atoms with Crippen LogP contribution in [0.2, 0.25) is 0 Å². The van der Waals surface area contributed by atoms with Crippen LogP contribution in [0, 0.1) is 17.8 Å². The van der Waals surface area contributed by atoms with Crippen molar-refractivity contribution in [2.75, 3.05) is 7.11 Å². The van der Waals surface area contributed by atoms with E-state index in [1.165, 1.54) is 6.42 Å². The van der Waals surface area contributed by atoms with Crippen molar-refractivity contribution >= 4 is 18.0 Å². The molecule has 0 heterocycles. The average molecular weight is 386 g/mol. The van der Waals surface area contributed by atoms with Crippen LogP contribution >= 0.6 is 7.37 Å². The molecule has 0 aliphatic heterocycles. The first kappa shape index (κ1) is 20.2. The van der Waals surface area contributed by atoms with E-state index in [9.17, 15) is 4.57 Å². The molecule has 0 spiro atoms. The Kier molecular flexibility index (Phi) is 6.44. The number of hydrogen-bond donors (Lipinski definition) is 0. The van der Waals surface area contributed by atoms with Crippen molar-refractivity contribution in [2.24, 2.45) is 17.8 Å². The first-order valence-corrected chi connectivity index (χ1v) is 11.6. The predicted molar refractivity (Wildman–Crippen MR) is 113 cm³/mol. The van der Waals surface area contributed by atoms with E-state index in [-0.39, 0.29) is 6.10 Å². The first-order chi connectivity index (χ1) is 13.0. The van der Waals surface area contributed by atoms with E-state index in [0.29, 0.717) is 28.8 Å². The van der Waals surface area contributed by atoms with Gasteiger partial charge in [0.2, 0.25) is 0 Å². The Morgan fingerprint density at radius 2 is 1.67 bits per heavy atom. The molecule has 0 unspecified atom stereocenters. The molecule has 0 aromatic heterocycles. The Hall–Kier alpha value is -1.57. The minimum atomic E-state index is -3.28. The number of para-hydroxylation sites is 1. The van der Waals surface area contributed by atoms with Crippen LogP contribution in [0.4, 0.5) is 0 Å². The van der Waals surface area contributed by atoms with Crippen LogP contribution in [0.25, 0.3) is 0 Å². The molecular formula is C23H31O3P. The van der Waals surface area contributed by atoms with Gasteiger partial charge in [-0.1, -0.05) is 57.5 Å². The Morgan fingerprint density at radius 1 is 1.00 bits per heavy atom. The molecule has 2 aromatic carbocycles. The molecule has 2 aromatic rings. The van der Waals surface area contributed by atoms with Gasteiger partial charge in [-0.05, 0) is 54.9 Å². The highest BCUT2D eigenvalue weighted by molar-refractivity contribution is 7.74. The van der Waals surface area contributed by atoms with E-state index >= 15 is 0 Å². The van der Waals surface area contributed by atoms with E-state index in [4.69, 9.17) is 9.26 Å². The molecular weight excluding hydrogens is 355 g/mol. The minimum Gasteiger partial charge on any atom is -0.496 e. The monoisotopic (exact) mass is 386 g/mol. The lowest BCUT2D eigenvalue weighted by molar-refractivity contribution is 0.0514. The molecule has 3 nitrogen and oxygen atoms in total. The molecule has 4 heteroatoms. The summed E-state index contributed by atoms with van der Waals surface area (Å²) in [5.41, 5.74) is 0. The summed E-state index contributed by atoms with van der Waals surface area (Å²) < 4.78 is 26.6. The number of methoxy groups -OCH3 is 1. The number of ether oxygens (including phenoxy) is 1. The third kappa shape index (κ3) is 4.31. The van der Waals surface area contributed by atoms with Crippen molar-refractivity contribution < 1.29 is 13.8 Å². The van der Waals surface area contributed by atoms with Crippen LogP contribution in [0.3, 0.4) is 0 Å². The summed E-state index contributed by atoms with van der Waals surface area (Å²) in [6.07, 6.45) is 3.29. The summed E-state index contributed by atoms with van der Waals surface area (Å²) >= 11 is 0. The summed E-state index contributed by atoms with van der Waals surface area (Å²) in [6, 6.07) is 17.1. The molecule has 3 rings (SSSR count). The second kappa shape index (κ2) is 8.63. The van der Waals surface area contributed by atoms with E-state index in [2.05, 4.69) is 20.8 Å². The standard InChI is InChI=1S/C23H31O3P/c1-17(2)20-15-14-18(3)16-22(20)26-27(24,19-10-6-5-7-11-19)23-13-9-8-12-21(23)25-4/h5-13,17-18,20,22H,14-16H2,1-4H3/t18-,20+,22-,27+/m1/s1. The van der Waals surface area contributed by atoms with Crippen molar-refractivity contribution in [1.82, 2.24) is 0 Å². The molecule has 0 radical (unpaired) electrons. The van der Waals surface area contributed by atoms with Crippen LogP contribution in [-0.4, -0.2) is 13.2 Å². The summed E-state index contributed by atoms with van der Waals surface area (Å²) in [5, 5.41) is 1.38. The molecule has 1 aliphatic rings. The Balaban J connectivity index is 2.07. The Morgan fingerprint density at radius 3 is 2.33 bits per heavy atom. The molecule has 146 valence electrons. The van der Waals surface area contributed by atoms with Crippen molar-refractivity contribution in [3.05, 3.63) is 54.6 Å². The molecule has 1 fully saturated rings. The maximum atomic E-state index is 14.4. The van der Waals surface area contributed by atoms with Gasteiger partial charge in [-0.15, -0.1) is 0 Å². The smallest absolute Gasteiger partial charge is 0.265 e. The molecule has 0 bridgehead atoms. The fourth-order valence-corrected chi connectivity index (χ4v) is 6.62.